The van der Waals surface area contributed by atoms with Gasteiger partial charge in [0.25, 0.3) is 0 Å². The number of rotatable bonds is 4. The fraction of sp³-hybridized carbons (Fsp3) is 0.714. The highest BCUT2D eigenvalue weighted by Crippen LogP contribution is 1.80. The fourth-order valence-corrected chi connectivity index (χ4v) is 0.617. The minimum absolute atomic E-state index is 1.04. The van der Waals surface area contributed by atoms with E-state index in [1.165, 1.54) is 0 Å². The molecule has 0 aliphatic heterocycles. The number of nitrogens with one attached hydrogen (secondary N) is 1. The summed E-state index contributed by atoms with van der Waals surface area (Å²) in [6.45, 7) is 4.14. The minimum Gasteiger partial charge on any atom is -0.379 e. The third-order valence-electron chi connectivity index (χ3n) is 1.12. The van der Waals surface area contributed by atoms with E-state index < -0.39 is 0 Å². The molecule has 0 unspecified atom stereocenters. The molecule has 2 heteroatoms. The van der Waals surface area contributed by atoms with E-state index in [0.29, 0.717) is 0 Å². The monoisotopic (exact) mass is 128 g/mol. The van der Waals surface area contributed by atoms with Crippen LogP contribution in [0.4, 0.5) is 0 Å². The van der Waals surface area contributed by atoms with E-state index in [-0.39, 0.29) is 0 Å². The van der Waals surface area contributed by atoms with Gasteiger partial charge in [0.1, 0.15) is 0 Å². The predicted octanol–water partition coefficient (Wildman–Crippen LogP) is 0.671. The normalized spacial score (nSPS) is 10.6. The van der Waals surface area contributed by atoms with Crippen molar-refractivity contribution in [3.05, 3.63) is 12.3 Å². The Labute approximate surface area is 57.5 Å². The molecule has 0 spiro atoms. The Bertz CT molecular complexity index is 79.0. The van der Waals surface area contributed by atoms with Gasteiger partial charge in [0, 0.05) is 20.1 Å². The molecular weight excluding hydrogens is 112 g/mol. The maximum atomic E-state index is 3.08. The van der Waals surface area contributed by atoms with Crippen molar-refractivity contribution in [1.82, 2.24) is 10.2 Å². The Morgan fingerprint density at radius 3 is 2.67 bits per heavy atom. The smallest absolute Gasteiger partial charge is 0.0294 e. The molecule has 0 rings (SSSR count). The van der Waals surface area contributed by atoms with Crippen LogP contribution in [-0.4, -0.2) is 32.1 Å². The lowest BCUT2D eigenvalue weighted by Crippen LogP contribution is -2.22. The molecule has 0 fully saturated rings. The first kappa shape index (κ1) is 8.50. The number of hydrogen-bond donors (Lipinski definition) is 1. The van der Waals surface area contributed by atoms with Gasteiger partial charge in [-0.15, -0.1) is 0 Å². The quantitative estimate of drug-likeness (QED) is 0.598. The lowest BCUT2D eigenvalue weighted by atomic mass is 10.5. The van der Waals surface area contributed by atoms with Gasteiger partial charge in [-0.05, 0) is 20.2 Å². The number of likely N-dealkylation sites (N-methyl/N-ethyl adjacent to an activating group) is 2. The lowest BCUT2D eigenvalue weighted by molar-refractivity contribution is 0.451. The maximum absolute atomic E-state index is 3.08. The molecule has 0 aromatic heterocycles. The van der Waals surface area contributed by atoms with Crippen LogP contribution < -0.4 is 5.32 Å². The van der Waals surface area contributed by atoms with E-state index in [4.69, 9.17) is 0 Å². The first-order valence-corrected chi connectivity index (χ1v) is 3.29. The molecule has 0 heterocycles. The van der Waals surface area contributed by atoms with Crippen LogP contribution in [0.25, 0.3) is 0 Å². The summed E-state index contributed by atoms with van der Waals surface area (Å²) in [5, 5.41) is 3.08. The van der Waals surface area contributed by atoms with Crippen LogP contribution >= 0.6 is 0 Å². The molecular formula is C7H16N2. The van der Waals surface area contributed by atoms with Crippen LogP contribution in [0, 0.1) is 0 Å². The summed E-state index contributed by atoms with van der Waals surface area (Å²) < 4.78 is 0. The standard InChI is InChI=1S/C7H16N2/c1-4-6-9(3)7-5-8-2/h4,6,8H,5,7H2,1-3H3/b6-4-. The van der Waals surface area contributed by atoms with Crippen LogP contribution in [0.5, 0.6) is 0 Å². The molecule has 0 aliphatic rings. The van der Waals surface area contributed by atoms with Crippen LogP contribution in [0.15, 0.2) is 12.3 Å². The van der Waals surface area contributed by atoms with Crippen molar-refractivity contribution in [1.29, 1.82) is 0 Å². The molecule has 0 saturated carbocycles. The van der Waals surface area contributed by atoms with Gasteiger partial charge in [-0.2, -0.15) is 0 Å². The van der Waals surface area contributed by atoms with E-state index in [1.54, 1.807) is 0 Å². The van der Waals surface area contributed by atoms with E-state index in [2.05, 4.69) is 23.5 Å². The average molecular weight is 128 g/mol. The predicted molar refractivity (Wildman–Crippen MR) is 41.4 cm³/mol. The third-order valence-corrected chi connectivity index (χ3v) is 1.12. The zero-order chi connectivity index (χ0) is 7.11. The highest BCUT2D eigenvalue weighted by atomic mass is 15.1. The van der Waals surface area contributed by atoms with Gasteiger partial charge in [0.05, 0.1) is 0 Å². The topological polar surface area (TPSA) is 15.3 Å². The minimum atomic E-state index is 1.04. The summed E-state index contributed by atoms with van der Waals surface area (Å²) in [6, 6.07) is 0. The largest absolute Gasteiger partial charge is 0.379 e. The van der Waals surface area contributed by atoms with Crippen molar-refractivity contribution in [3.8, 4) is 0 Å². The van der Waals surface area contributed by atoms with Crippen molar-refractivity contribution in [2.75, 3.05) is 27.2 Å². The van der Waals surface area contributed by atoms with Crippen LogP contribution in [-0.2, 0) is 0 Å². The average Bonchev–Trinajstić information content (AvgIpc) is 1.85. The van der Waals surface area contributed by atoms with Crippen molar-refractivity contribution >= 4 is 0 Å². The molecule has 9 heavy (non-hydrogen) atoms. The molecule has 0 radical (unpaired) electrons. The molecule has 0 bridgehead atoms. The molecule has 0 saturated heterocycles. The first-order chi connectivity index (χ1) is 4.31. The Morgan fingerprint density at radius 1 is 1.56 bits per heavy atom. The van der Waals surface area contributed by atoms with Crippen molar-refractivity contribution in [3.63, 3.8) is 0 Å². The molecule has 0 aliphatic carbocycles. The van der Waals surface area contributed by atoms with E-state index in [1.807, 2.05) is 20.0 Å². The summed E-state index contributed by atoms with van der Waals surface area (Å²) in [4.78, 5) is 2.15. The van der Waals surface area contributed by atoms with E-state index in [9.17, 15) is 0 Å². The molecule has 0 aromatic rings. The lowest BCUT2D eigenvalue weighted by Gasteiger charge is -2.11. The van der Waals surface area contributed by atoms with Gasteiger partial charge in [0.15, 0.2) is 0 Å². The Balaban J connectivity index is 3.15. The van der Waals surface area contributed by atoms with Gasteiger partial charge in [0.2, 0.25) is 0 Å². The molecule has 54 valence electrons. The van der Waals surface area contributed by atoms with Gasteiger partial charge >= 0.3 is 0 Å². The number of hydrogen-bond acceptors (Lipinski definition) is 2. The fourth-order valence-electron chi connectivity index (χ4n) is 0.617. The van der Waals surface area contributed by atoms with Crippen LogP contribution in [0.1, 0.15) is 6.92 Å². The summed E-state index contributed by atoms with van der Waals surface area (Å²) in [5.41, 5.74) is 0. The Morgan fingerprint density at radius 2 is 2.22 bits per heavy atom. The molecule has 2 nitrogen and oxygen atoms in total. The molecule has 1 N–H and O–H groups in total. The summed E-state index contributed by atoms with van der Waals surface area (Å²) in [7, 11) is 4.03. The maximum Gasteiger partial charge on any atom is 0.0294 e. The van der Waals surface area contributed by atoms with Crippen LogP contribution in [0.3, 0.4) is 0 Å². The molecule has 0 amide bonds. The van der Waals surface area contributed by atoms with Crippen molar-refractivity contribution < 1.29 is 0 Å². The third kappa shape index (κ3) is 5.37. The second-order valence-corrected chi connectivity index (χ2v) is 2.07. The van der Waals surface area contributed by atoms with Gasteiger partial charge in [-0.25, -0.2) is 0 Å². The Kier molecular flexibility index (Phi) is 5.32. The summed E-state index contributed by atoms with van der Waals surface area (Å²) >= 11 is 0. The summed E-state index contributed by atoms with van der Waals surface area (Å²) in [6.07, 6.45) is 4.10. The zero-order valence-electron chi connectivity index (χ0n) is 6.52. The Hall–Kier alpha value is -0.500. The van der Waals surface area contributed by atoms with Crippen molar-refractivity contribution in [2.24, 2.45) is 0 Å². The van der Waals surface area contributed by atoms with Crippen molar-refractivity contribution in [2.45, 2.75) is 6.92 Å². The second kappa shape index (κ2) is 5.63. The van der Waals surface area contributed by atoms with Gasteiger partial charge < -0.3 is 10.2 Å². The molecule has 0 atom stereocenters. The van der Waals surface area contributed by atoms with Gasteiger partial charge in [-0.1, -0.05) is 6.08 Å². The number of nitrogens with zero attached hydrogens (tertiary/aromatic N) is 1. The zero-order valence-corrected chi connectivity index (χ0v) is 6.52. The summed E-state index contributed by atoms with van der Waals surface area (Å²) in [5.74, 6) is 0. The van der Waals surface area contributed by atoms with E-state index in [0.717, 1.165) is 13.1 Å². The second-order valence-electron chi connectivity index (χ2n) is 2.07. The van der Waals surface area contributed by atoms with Crippen LogP contribution in [0.2, 0.25) is 0 Å². The SMILES string of the molecule is C/C=C\N(C)CCNC. The highest BCUT2D eigenvalue weighted by molar-refractivity contribution is 4.75. The van der Waals surface area contributed by atoms with E-state index >= 15 is 0 Å². The first-order valence-electron chi connectivity index (χ1n) is 3.29. The number of allylic oxidation sites excluding steroid dienone is 1. The van der Waals surface area contributed by atoms with Gasteiger partial charge in [-0.3, -0.25) is 0 Å². The highest BCUT2D eigenvalue weighted by Gasteiger charge is 1.85. The molecule has 0 aromatic carbocycles.